The Balaban J connectivity index is 1.84. The molecule has 2 rings (SSSR count). The van der Waals surface area contributed by atoms with Crippen LogP contribution in [0, 0.1) is 0 Å². The quantitative estimate of drug-likeness (QED) is 0.890. The first-order chi connectivity index (χ1) is 8.25. The van der Waals surface area contributed by atoms with Crippen molar-refractivity contribution in [3.05, 3.63) is 11.1 Å². The van der Waals surface area contributed by atoms with Crippen LogP contribution in [0.5, 0.6) is 0 Å². The van der Waals surface area contributed by atoms with Crippen LogP contribution >= 0.6 is 11.3 Å². The van der Waals surface area contributed by atoms with Gasteiger partial charge in [-0.1, -0.05) is 0 Å². The number of nitrogens with zero attached hydrogens (tertiary/aromatic N) is 2. The van der Waals surface area contributed by atoms with Gasteiger partial charge in [-0.15, -0.1) is 11.3 Å². The summed E-state index contributed by atoms with van der Waals surface area (Å²) in [5, 5.41) is 6.04. The molecule has 1 aliphatic rings. The monoisotopic (exact) mass is 253 g/mol. The molecule has 1 aromatic heterocycles. The zero-order valence-electron chi connectivity index (χ0n) is 10.2. The van der Waals surface area contributed by atoms with Crippen LogP contribution in [-0.4, -0.2) is 30.5 Å². The maximum Gasteiger partial charge on any atom is 0.216 e. The molecule has 0 radical (unpaired) electrons. The van der Waals surface area contributed by atoms with E-state index < -0.39 is 0 Å². The van der Waals surface area contributed by atoms with Gasteiger partial charge in [0.05, 0.1) is 5.69 Å². The first-order valence-electron chi connectivity index (χ1n) is 6.19. The predicted octanol–water partition coefficient (Wildman–Crippen LogP) is 1.81. The minimum absolute atomic E-state index is 0.0245. The molecule has 0 atom stereocenters. The number of hydrogen-bond acceptors (Lipinski definition) is 4. The molecule has 94 valence electrons. The summed E-state index contributed by atoms with van der Waals surface area (Å²) in [6.45, 7) is 4.50. The van der Waals surface area contributed by atoms with Gasteiger partial charge in [-0.2, -0.15) is 0 Å². The molecule has 4 nitrogen and oxygen atoms in total. The molecule has 1 saturated heterocycles. The molecule has 17 heavy (non-hydrogen) atoms. The first kappa shape index (κ1) is 12.4. The predicted molar refractivity (Wildman–Crippen MR) is 70.6 cm³/mol. The number of carbonyl (C=O) groups is 1. The number of anilines is 1. The fourth-order valence-electron chi connectivity index (χ4n) is 2.01. The molecule has 0 saturated carbocycles. The second-order valence-corrected chi connectivity index (χ2v) is 5.24. The van der Waals surface area contributed by atoms with Crippen molar-refractivity contribution in [1.29, 1.82) is 0 Å². The molecule has 0 unspecified atom stereocenters. The Morgan fingerprint density at radius 2 is 2.24 bits per heavy atom. The van der Waals surface area contributed by atoms with E-state index in [0.29, 0.717) is 6.54 Å². The molecule has 1 aromatic rings. The van der Waals surface area contributed by atoms with Crippen molar-refractivity contribution in [2.45, 2.75) is 32.6 Å². The van der Waals surface area contributed by atoms with Gasteiger partial charge in [0.1, 0.15) is 0 Å². The Kier molecular flexibility index (Phi) is 4.36. The zero-order chi connectivity index (χ0) is 12.1. The maximum atomic E-state index is 10.7. The molecule has 0 aromatic carbocycles. The highest BCUT2D eigenvalue weighted by atomic mass is 32.1. The summed E-state index contributed by atoms with van der Waals surface area (Å²) in [4.78, 5) is 17.7. The zero-order valence-corrected chi connectivity index (χ0v) is 11.1. The third kappa shape index (κ3) is 3.70. The standard InChI is InChI=1S/C12H19N3OS/c1-10(16)13-6-5-11-9-17-12(14-11)15-7-3-2-4-8-15/h9H,2-8H2,1H3,(H,13,16). The van der Waals surface area contributed by atoms with Gasteiger partial charge in [-0.05, 0) is 19.3 Å². The van der Waals surface area contributed by atoms with E-state index >= 15 is 0 Å². The Labute approximate surface area is 106 Å². The second kappa shape index (κ2) is 6.00. The Morgan fingerprint density at radius 3 is 2.94 bits per heavy atom. The first-order valence-corrected chi connectivity index (χ1v) is 7.07. The van der Waals surface area contributed by atoms with Crippen molar-refractivity contribution in [3.63, 3.8) is 0 Å². The molecule has 0 spiro atoms. The summed E-state index contributed by atoms with van der Waals surface area (Å²) in [6, 6.07) is 0. The van der Waals surface area contributed by atoms with Gasteiger partial charge in [0.25, 0.3) is 0 Å². The van der Waals surface area contributed by atoms with E-state index in [4.69, 9.17) is 0 Å². The van der Waals surface area contributed by atoms with Crippen LogP contribution in [-0.2, 0) is 11.2 Å². The molecular formula is C12H19N3OS. The number of nitrogens with one attached hydrogen (secondary N) is 1. The van der Waals surface area contributed by atoms with E-state index in [1.165, 1.54) is 19.3 Å². The largest absolute Gasteiger partial charge is 0.356 e. The Bertz CT molecular complexity index is 372. The Hall–Kier alpha value is -1.10. The summed E-state index contributed by atoms with van der Waals surface area (Å²) in [7, 11) is 0. The molecule has 0 aliphatic carbocycles. The minimum Gasteiger partial charge on any atom is -0.356 e. The highest BCUT2D eigenvalue weighted by Crippen LogP contribution is 2.23. The lowest BCUT2D eigenvalue weighted by atomic mass is 10.1. The van der Waals surface area contributed by atoms with Crippen molar-refractivity contribution in [1.82, 2.24) is 10.3 Å². The van der Waals surface area contributed by atoms with Crippen molar-refractivity contribution in [2.75, 3.05) is 24.5 Å². The SMILES string of the molecule is CC(=O)NCCc1csc(N2CCCCC2)n1. The average molecular weight is 253 g/mol. The lowest BCUT2D eigenvalue weighted by molar-refractivity contribution is -0.118. The fourth-order valence-corrected chi connectivity index (χ4v) is 2.92. The van der Waals surface area contributed by atoms with Crippen LogP contribution < -0.4 is 10.2 Å². The average Bonchev–Trinajstić information content (AvgIpc) is 2.78. The Morgan fingerprint density at radius 1 is 1.47 bits per heavy atom. The molecular weight excluding hydrogens is 234 g/mol. The number of hydrogen-bond donors (Lipinski definition) is 1. The van der Waals surface area contributed by atoms with Crippen LogP contribution in [0.3, 0.4) is 0 Å². The van der Waals surface area contributed by atoms with E-state index in [9.17, 15) is 4.79 Å². The van der Waals surface area contributed by atoms with Crippen LogP contribution in [0.4, 0.5) is 5.13 Å². The highest BCUT2D eigenvalue weighted by molar-refractivity contribution is 7.13. The normalized spacial score (nSPS) is 15.9. The van der Waals surface area contributed by atoms with Gasteiger partial charge < -0.3 is 10.2 Å². The topological polar surface area (TPSA) is 45.2 Å². The molecule has 0 bridgehead atoms. The number of amides is 1. The van der Waals surface area contributed by atoms with E-state index in [1.807, 2.05) is 0 Å². The van der Waals surface area contributed by atoms with E-state index in [1.54, 1.807) is 18.3 Å². The van der Waals surface area contributed by atoms with Crippen LogP contribution in [0.15, 0.2) is 5.38 Å². The lowest BCUT2D eigenvalue weighted by Gasteiger charge is -2.25. The summed E-state index contributed by atoms with van der Waals surface area (Å²) in [5.41, 5.74) is 1.09. The second-order valence-electron chi connectivity index (χ2n) is 4.40. The summed E-state index contributed by atoms with van der Waals surface area (Å²) in [6.07, 6.45) is 4.72. The van der Waals surface area contributed by atoms with Crippen molar-refractivity contribution < 1.29 is 4.79 Å². The molecule has 2 heterocycles. The van der Waals surface area contributed by atoms with Crippen LogP contribution in [0.1, 0.15) is 31.9 Å². The van der Waals surface area contributed by atoms with Crippen molar-refractivity contribution >= 4 is 22.4 Å². The highest BCUT2D eigenvalue weighted by Gasteiger charge is 2.14. The third-order valence-electron chi connectivity index (χ3n) is 2.92. The van der Waals surface area contributed by atoms with Gasteiger partial charge in [0, 0.05) is 38.4 Å². The number of carbonyl (C=O) groups excluding carboxylic acids is 1. The van der Waals surface area contributed by atoms with Crippen molar-refractivity contribution in [3.8, 4) is 0 Å². The smallest absolute Gasteiger partial charge is 0.216 e. The third-order valence-corrected chi connectivity index (χ3v) is 3.87. The summed E-state index contributed by atoms with van der Waals surface area (Å²) >= 11 is 1.72. The number of rotatable bonds is 4. The minimum atomic E-state index is 0.0245. The van der Waals surface area contributed by atoms with E-state index in [-0.39, 0.29) is 5.91 Å². The number of aromatic nitrogens is 1. The van der Waals surface area contributed by atoms with Gasteiger partial charge in [0.2, 0.25) is 5.91 Å². The van der Waals surface area contributed by atoms with Crippen LogP contribution in [0.2, 0.25) is 0 Å². The van der Waals surface area contributed by atoms with Crippen LogP contribution in [0.25, 0.3) is 0 Å². The molecule has 1 fully saturated rings. The number of thiazole rings is 1. The van der Waals surface area contributed by atoms with E-state index in [0.717, 1.165) is 30.3 Å². The van der Waals surface area contributed by atoms with Crippen molar-refractivity contribution in [2.24, 2.45) is 0 Å². The molecule has 1 aliphatic heterocycles. The summed E-state index contributed by atoms with van der Waals surface area (Å²) in [5.74, 6) is 0.0245. The van der Waals surface area contributed by atoms with Gasteiger partial charge in [0.15, 0.2) is 5.13 Å². The molecule has 1 N–H and O–H groups in total. The molecule has 1 amide bonds. The number of piperidine rings is 1. The van der Waals surface area contributed by atoms with Gasteiger partial charge in [-0.3, -0.25) is 4.79 Å². The molecule has 5 heteroatoms. The fraction of sp³-hybridized carbons (Fsp3) is 0.667. The summed E-state index contributed by atoms with van der Waals surface area (Å²) < 4.78 is 0. The lowest BCUT2D eigenvalue weighted by Crippen LogP contribution is -2.29. The maximum absolute atomic E-state index is 10.7. The van der Waals surface area contributed by atoms with Gasteiger partial charge >= 0.3 is 0 Å². The van der Waals surface area contributed by atoms with Gasteiger partial charge in [-0.25, -0.2) is 4.98 Å². The van der Waals surface area contributed by atoms with E-state index in [2.05, 4.69) is 20.6 Å².